The summed E-state index contributed by atoms with van der Waals surface area (Å²) in [5, 5.41) is 0. The fraction of sp³-hybridized carbons (Fsp3) is 0.923. The predicted octanol–water partition coefficient (Wildman–Crippen LogP) is 21.7. The molecule has 0 heterocycles. The molecule has 0 N–H and O–H groups in total. The second-order valence-corrected chi connectivity index (χ2v) is 22.0. The molecule has 0 aromatic carbocycles. The molecule has 1 unspecified atom stereocenters. The molecule has 6 heteroatoms. The van der Waals surface area contributed by atoms with E-state index in [2.05, 4.69) is 32.9 Å². The maximum Gasteiger partial charge on any atom is 0.306 e. The van der Waals surface area contributed by atoms with Crippen molar-refractivity contribution in [1.29, 1.82) is 0 Å². The average Bonchev–Trinajstić information content (AvgIpc) is 3.37. The molecule has 0 fully saturated rings. The summed E-state index contributed by atoms with van der Waals surface area (Å²) in [6.45, 7) is 6.70. The van der Waals surface area contributed by atoms with E-state index in [1.165, 1.54) is 263 Å². The largest absolute Gasteiger partial charge is 0.462 e. The van der Waals surface area contributed by atoms with E-state index in [0.29, 0.717) is 19.3 Å². The molecule has 71 heavy (non-hydrogen) atoms. The fourth-order valence-corrected chi connectivity index (χ4v) is 9.91. The van der Waals surface area contributed by atoms with E-state index < -0.39 is 6.10 Å². The van der Waals surface area contributed by atoms with Crippen LogP contribution < -0.4 is 0 Å². The van der Waals surface area contributed by atoms with Crippen LogP contribution in [0.5, 0.6) is 0 Å². The van der Waals surface area contributed by atoms with Gasteiger partial charge in [-0.15, -0.1) is 0 Å². The summed E-state index contributed by atoms with van der Waals surface area (Å²) in [6, 6.07) is 0. The van der Waals surface area contributed by atoms with Crippen molar-refractivity contribution in [3.63, 3.8) is 0 Å². The zero-order valence-electron chi connectivity index (χ0n) is 48.3. The standard InChI is InChI=1S/C65H124O6/c1-4-7-10-13-16-19-22-25-27-29-31-32-33-34-36-37-40-43-46-49-52-55-58-64(67)70-61-62(60-69-63(66)57-54-51-48-45-42-39-24-21-18-15-12-9-6-3)71-65(68)59-56-53-50-47-44-41-38-35-30-28-26-23-20-17-14-11-8-5-2/h21,24,62H,4-20,22-23,25-61H2,1-3H3/b24-21-. The molecule has 6 nitrogen and oxygen atoms in total. The monoisotopic (exact) mass is 1000 g/mol. The Kier molecular flexibility index (Phi) is 59.1. The molecule has 0 saturated heterocycles. The zero-order chi connectivity index (χ0) is 51.4. The van der Waals surface area contributed by atoms with Crippen LogP contribution >= 0.6 is 0 Å². The molecular formula is C65H124O6. The number of unbranched alkanes of at least 4 members (excludes halogenated alkanes) is 47. The van der Waals surface area contributed by atoms with Gasteiger partial charge in [0.15, 0.2) is 6.10 Å². The zero-order valence-corrected chi connectivity index (χ0v) is 48.3. The SMILES string of the molecule is CCCCCC/C=C\CCCCCCCC(=O)OCC(COC(=O)CCCCCCCCCCCCCCCCCCCCCCCC)OC(=O)CCCCCCCCCCCCCCCCCCCC. The quantitative estimate of drug-likeness (QED) is 0.0261. The van der Waals surface area contributed by atoms with Crippen LogP contribution in [0.3, 0.4) is 0 Å². The Bertz CT molecular complexity index is 1100. The second kappa shape index (κ2) is 60.7. The van der Waals surface area contributed by atoms with Crippen LogP contribution in [0.15, 0.2) is 12.2 Å². The van der Waals surface area contributed by atoms with Crippen LogP contribution in [0.1, 0.15) is 367 Å². The Morgan fingerprint density at radius 3 is 0.718 bits per heavy atom. The van der Waals surface area contributed by atoms with Crippen molar-refractivity contribution >= 4 is 17.9 Å². The van der Waals surface area contributed by atoms with Crippen molar-refractivity contribution in [2.75, 3.05) is 13.2 Å². The van der Waals surface area contributed by atoms with Crippen molar-refractivity contribution < 1.29 is 28.6 Å². The van der Waals surface area contributed by atoms with Crippen molar-refractivity contribution in [2.45, 2.75) is 374 Å². The highest BCUT2D eigenvalue weighted by Crippen LogP contribution is 2.18. The molecule has 0 amide bonds. The molecule has 0 spiro atoms. The Morgan fingerprint density at radius 1 is 0.268 bits per heavy atom. The normalized spacial score (nSPS) is 12.0. The van der Waals surface area contributed by atoms with Crippen LogP contribution in [0.4, 0.5) is 0 Å². The molecule has 0 bridgehead atoms. The van der Waals surface area contributed by atoms with Gasteiger partial charge in [-0.2, -0.15) is 0 Å². The lowest BCUT2D eigenvalue weighted by Crippen LogP contribution is -2.30. The van der Waals surface area contributed by atoms with Gasteiger partial charge in [-0.25, -0.2) is 0 Å². The highest BCUT2D eigenvalue weighted by atomic mass is 16.6. The summed E-state index contributed by atoms with van der Waals surface area (Å²) in [5.41, 5.74) is 0. The minimum absolute atomic E-state index is 0.0660. The first kappa shape index (κ1) is 69.2. The topological polar surface area (TPSA) is 78.9 Å². The Hall–Kier alpha value is -1.85. The van der Waals surface area contributed by atoms with Crippen molar-refractivity contribution in [1.82, 2.24) is 0 Å². The third-order valence-corrected chi connectivity index (χ3v) is 14.8. The number of carbonyl (C=O) groups excluding carboxylic acids is 3. The maximum absolute atomic E-state index is 12.9. The van der Waals surface area contributed by atoms with E-state index in [4.69, 9.17) is 14.2 Å². The fourth-order valence-electron chi connectivity index (χ4n) is 9.91. The van der Waals surface area contributed by atoms with E-state index in [-0.39, 0.29) is 31.1 Å². The van der Waals surface area contributed by atoms with Gasteiger partial charge < -0.3 is 14.2 Å². The molecule has 420 valence electrons. The number of rotatable bonds is 60. The summed E-state index contributed by atoms with van der Waals surface area (Å²) in [7, 11) is 0. The summed E-state index contributed by atoms with van der Waals surface area (Å²) in [6.07, 6.45) is 70.8. The van der Waals surface area contributed by atoms with Gasteiger partial charge in [0.25, 0.3) is 0 Å². The second-order valence-electron chi connectivity index (χ2n) is 22.0. The van der Waals surface area contributed by atoms with Gasteiger partial charge in [-0.05, 0) is 44.9 Å². The lowest BCUT2D eigenvalue weighted by atomic mass is 10.0. The molecule has 0 rings (SSSR count). The van der Waals surface area contributed by atoms with Crippen molar-refractivity contribution in [3.05, 3.63) is 12.2 Å². The van der Waals surface area contributed by atoms with Crippen molar-refractivity contribution in [2.24, 2.45) is 0 Å². The molecule has 1 atom stereocenters. The van der Waals surface area contributed by atoms with Crippen LogP contribution in [0, 0.1) is 0 Å². The lowest BCUT2D eigenvalue weighted by molar-refractivity contribution is -0.167. The first-order chi connectivity index (χ1) is 35.0. The van der Waals surface area contributed by atoms with E-state index >= 15 is 0 Å². The maximum atomic E-state index is 12.9. The molecule has 0 aliphatic heterocycles. The lowest BCUT2D eigenvalue weighted by Gasteiger charge is -2.18. The van der Waals surface area contributed by atoms with Crippen molar-refractivity contribution in [3.8, 4) is 0 Å². The summed E-state index contributed by atoms with van der Waals surface area (Å²) in [5.74, 6) is -0.845. The average molecular weight is 1000 g/mol. The number of hydrogen-bond donors (Lipinski definition) is 0. The molecule has 0 aliphatic carbocycles. The smallest absolute Gasteiger partial charge is 0.306 e. The van der Waals surface area contributed by atoms with Gasteiger partial charge >= 0.3 is 17.9 Å². The van der Waals surface area contributed by atoms with Gasteiger partial charge in [0.05, 0.1) is 0 Å². The molecular weight excluding hydrogens is 877 g/mol. The van der Waals surface area contributed by atoms with Gasteiger partial charge in [-0.1, -0.05) is 315 Å². The Balaban J connectivity index is 4.24. The highest BCUT2D eigenvalue weighted by molar-refractivity contribution is 5.71. The number of ether oxygens (including phenoxy) is 3. The predicted molar refractivity (Wildman–Crippen MR) is 307 cm³/mol. The van der Waals surface area contributed by atoms with Crippen LogP contribution in [0.2, 0.25) is 0 Å². The summed E-state index contributed by atoms with van der Waals surface area (Å²) < 4.78 is 16.9. The van der Waals surface area contributed by atoms with Crippen LogP contribution in [-0.2, 0) is 28.6 Å². The molecule has 0 radical (unpaired) electrons. The molecule has 0 saturated carbocycles. The number of hydrogen-bond acceptors (Lipinski definition) is 6. The number of carbonyl (C=O) groups is 3. The molecule has 0 aromatic rings. The minimum Gasteiger partial charge on any atom is -0.462 e. The molecule has 0 aliphatic rings. The van der Waals surface area contributed by atoms with E-state index in [1.54, 1.807) is 0 Å². The van der Waals surface area contributed by atoms with E-state index in [0.717, 1.165) is 64.2 Å². The Morgan fingerprint density at radius 2 is 0.465 bits per heavy atom. The summed E-state index contributed by atoms with van der Waals surface area (Å²) in [4.78, 5) is 38.3. The first-order valence-corrected chi connectivity index (χ1v) is 32.2. The molecule has 0 aromatic heterocycles. The van der Waals surface area contributed by atoms with E-state index in [9.17, 15) is 14.4 Å². The number of allylic oxidation sites excluding steroid dienone is 2. The van der Waals surface area contributed by atoms with Gasteiger partial charge in [0, 0.05) is 19.3 Å². The van der Waals surface area contributed by atoms with Gasteiger partial charge in [0.2, 0.25) is 0 Å². The first-order valence-electron chi connectivity index (χ1n) is 32.2. The van der Waals surface area contributed by atoms with E-state index in [1.807, 2.05) is 0 Å². The van der Waals surface area contributed by atoms with Gasteiger partial charge in [0.1, 0.15) is 13.2 Å². The van der Waals surface area contributed by atoms with Crippen LogP contribution in [0.25, 0.3) is 0 Å². The number of esters is 3. The Labute approximate surface area is 443 Å². The third-order valence-electron chi connectivity index (χ3n) is 14.8. The third kappa shape index (κ3) is 58.9. The minimum atomic E-state index is -0.768. The van der Waals surface area contributed by atoms with Gasteiger partial charge in [-0.3, -0.25) is 14.4 Å². The van der Waals surface area contributed by atoms with Crippen LogP contribution in [-0.4, -0.2) is 37.2 Å². The highest BCUT2D eigenvalue weighted by Gasteiger charge is 2.19. The summed E-state index contributed by atoms with van der Waals surface area (Å²) >= 11 is 0.